The fourth-order valence-corrected chi connectivity index (χ4v) is 4.05. The minimum atomic E-state index is -0.320. The van der Waals surface area contributed by atoms with Crippen LogP contribution in [0.1, 0.15) is 11.1 Å². The lowest BCUT2D eigenvalue weighted by molar-refractivity contribution is -0.123. The number of nitrogens with zero attached hydrogens (tertiary/aromatic N) is 2. The van der Waals surface area contributed by atoms with Gasteiger partial charge in [-0.2, -0.15) is 10.1 Å². The number of hydrogen-bond acceptors (Lipinski definition) is 6. The van der Waals surface area contributed by atoms with Crippen molar-refractivity contribution in [1.29, 1.82) is 0 Å². The number of carbonyl (C=O) groups excluding carboxylic acids is 1. The summed E-state index contributed by atoms with van der Waals surface area (Å²) in [6.45, 7) is 0.0836. The van der Waals surface area contributed by atoms with E-state index in [-0.39, 0.29) is 18.3 Å². The number of rotatable bonds is 6. The second kappa shape index (κ2) is 8.98. The summed E-state index contributed by atoms with van der Waals surface area (Å²) < 4.78 is 26.2. The van der Waals surface area contributed by atoms with Crippen LogP contribution >= 0.6 is 46.6 Å². The highest BCUT2D eigenvalue weighted by Crippen LogP contribution is 2.34. The first-order valence-electron chi connectivity index (χ1n) is 7.77. The lowest BCUT2D eigenvalue weighted by atomic mass is 10.2. The Hall–Kier alpha value is -1.72. The molecule has 2 aromatic rings. The quantitative estimate of drug-likeness (QED) is 0.327. The van der Waals surface area contributed by atoms with Gasteiger partial charge in [0.15, 0.2) is 15.8 Å². The summed E-state index contributed by atoms with van der Waals surface area (Å²) in [5.41, 5.74) is 1.18. The number of hydrazone groups is 1. The molecule has 140 valence electrons. The van der Waals surface area contributed by atoms with Crippen LogP contribution in [0.25, 0.3) is 0 Å². The number of benzene rings is 2. The zero-order valence-electron chi connectivity index (χ0n) is 14.1. The third kappa shape index (κ3) is 4.77. The first-order valence-corrected chi connectivity index (χ1v) is 10.2. The average Bonchev–Trinajstić information content (AvgIpc) is 2.97. The zero-order chi connectivity index (χ0) is 19.4. The van der Waals surface area contributed by atoms with E-state index >= 15 is 0 Å². The van der Waals surface area contributed by atoms with Gasteiger partial charge in [0.25, 0.3) is 5.91 Å². The molecule has 0 unspecified atom stereocenters. The summed E-state index contributed by atoms with van der Waals surface area (Å²) in [4.78, 5) is 11.7. The van der Waals surface area contributed by atoms with Crippen LogP contribution < -0.4 is 9.47 Å². The molecule has 1 fully saturated rings. The number of ether oxygens (including phenoxy) is 2. The smallest absolute Gasteiger partial charge is 0.259 e. The van der Waals surface area contributed by atoms with Crippen molar-refractivity contribution in [2.24, 2.45) is 5.10 Å². The molecule has 1 amide bonds. The first kappa shape index (κ1) is 20.0. The standard InChI is InChI=1S/C18H14FIN2O3S2/c1-24-15-7-11(8-21-22-16(23)10-27-18(22)26)6-14(20)17(15)25-9-12-4-2-3-5-13(12)19/h2-8H,9-10H2,1H3/b21-8+. The second-order valence-corrected chi connectivity index (χ2v) is 8.19. The Morgan fingerprint density at radius 3 is 2.85 bits per heavy atom. The summed E-state index contributed by atoms with van der Waals surface area (Å²) in [5.74, 6) is 0.846. The van der Waals surface area contributed by atoms with E-state index in [1.54, 1.807) is 30.5 Å². The topological polar surface area (TPSA) is 51.1 Å². The van der Waals surface area contributed by atoms with Crippen LogP contribution in [0.3, 0.4) is 0 Å². The van der Waals surface area contributed by atoms with E-state index in [0.717, 1.165) is 9.13 Å². The molecule has 0 atom stereocenters. The highest BCUT2D eigenvalue weighted by molar-refractivity contribution is 14.1. The van der Waals surface area contributed by atoms with E-state index in [2.05, 4.69) is 27.7 Å². The molecular formula is C18H14FIN2O3S2. The lowest BCUT2D eigenvalue weighted by Crippen LogP contribution is -2.22. The Morgan fingerprint density at radius 2 is 2.19 bits per heavy atom. The van der Waals surface area contributed by atoms with Crippen molar-refractivity contribution in [1.82, 2.24) is 5.01 Å². The first-order chi connectivity index (χ1) is 13.0. The molecule has 9 heteroatoms. The van der Waals surface area contributed by atoms with Crippen molar-refractivity contribution in [2.45, 2.75) is 6.61 Å². The van der Waals surface area contributed by atoms with Crippen LogP contribution in [0.15, 0.2) is 41.5 Å². The zero-order valence-corrected chi connectivity index (χ0v) is 17.9. The molecule has 27 heavy (non-hydrogen) atoms. The largest absolute Gasteiger partial charge is 0.493 e. The monoisotopic (exact) mass is 516 g/mol. The molecule has 1 aliphatic rings. The van der Waals surface area contributed by atoms with Gasteiger partial charge in [-0.3, -0.25) is 4.79 Å². The van der Waals surface area contributed by atoms with E-state index < -0.39 is 0 Å². The molecule has 0 radical (unpaired) electrons. The summed E-state index contributed by atoms with van der Waals surface area (Å²) in [5, 5.41) is 5.36. The van der Waals surface area contributed by atoms with E-state index in [1.807, 2.05) is 6.07 Å². The SMILES string of the molecule is COc1cc(/C=N/N2C(=O)CSC2=S)cc(I)c1OCc1ccccc1F. The van der Waals surface area contributed by atoms with Crippen LogP contribution in [0, 0.1) is 9.39 Å². The Kier molecular flexibility index (Phi) is 6.66. The second-order valence-electron chi connectivity index (χ2n) is 5.42. The summed E-state index contributed by atoms with van der Waals surface area (Å²) in [6.07, 6.45) is 1.54. The van der Waals surface area contributed by atoms with Gasteiger partial charge in [-0.1, -0.05) is 42.2 Å². The number of halogens is 2. The van der Waals surface area contributed by atoms with Gasteiger partial charge in [0.05, 0.1) is 22.6 Å². The van der Waals surface area contributed by atoms with Crippen LogP contribution in [0.4, 0.5) is 4.39 Å². The van der Waals surface area contributed by atoms with E-state index in [0.29, 0.717) is 27.1 Å². The molecule has 2 aromatic carbocycles. The van der Waals surface area contributed by atoms with Crippen LogP contribution in [-0.2, 0) is 11.4 Å². The van der Waals surface area contributed by atoms with Crippen molar-refractivity contribution in [3.05, 3.63) is 56.9 Å². The highest BCUT2D eigenvalue weighted by Gasteiger charge is 2.26. The normalized spacial score (nSPS) is 14.3. The Morgan fingerprint density at radius 1 is 1.41 bits per heavy atom. The number of thiocarbonyl (C=S) groups is 1. The Labute approximate surface area is 179 Å². The van der Waals surface area contributed by atoms with E-state index in [1.165, 1.54) is 29.9 Å². The predicted molar refractivity (Wildman–Crippen MR) is 116 cm³/mol. The number of hydrogen-bond donors (Lipinski definition) is 0. The van der Waals surface area contributed by atoms with Crippen molar-refractivity contribution < 1.29 is 18.7 Å². The number of methoxy groups -OCH3 is 1. The molecule has 1 saturated heterocycles. The van der Waals surface area contributed by atoms with Crippen molar-refractivity contribution in [3.8, 4) is 11.5 Å². The van der Waals surface area contributed by atoms with Crippen LogP contribution in [0.2, 0.25) is 0 Å². The van der Waals surface area contributed by atoms with Crippen molar-refractivity contribution in [2.75, 3.05) is 12.9 Å². The summed E-state index contributed by atoms with van der Waals surface area (Å²) in [6, 6.07) is 10.0. The minimum absolute atomic E-state index is 0.0836. The molecule has 0 spiro atoms. The third-order valence-electron chi connectivity index (χ3n) is 3.63. The molecule has 0 N–H and O–H groups in total. The maximum atomic E-state index is 13.8. The summed E-state index contributed by atoms with van der Waals surface area (Å²) >= 11 is 8.49. The van der Waals surface area contributed by atoms with Gasteiger partial charge in [0.1, 0.15) is 12.4 Å². The van der Waals surface area contributed by atoms with Gasteiger partial charge in [-0.05, 0) is 46.4 Å². The molecule has 0 aliphatic carbocycles. The summed E-state index contributed by atoms with van der Waals surface area (Å²) in [7, 11) is 1.53. The fourth-order valence-electron chi connectivity index (χ4n) is 2.30. The van der Waals surface area contributed by atoms with Gasteiger partial charge in [-0.15, -0.1) is 0 Å². The molecule has 5 nitrogen and oxygen atoms in total. The molecule has 0 aromatic heterocycles. The predicted octanol–water partition coefficient (Wildman–Crippen LogP) is 4.21. The molecule has 1 heterocycles. The Bertz CT molecular complexity index is 907. The Balaban J connectivity index is 1.80. The third-order valence-corrected chi connectivity index (χ3v) is 5.77. The highest BCUT2D eigenvalue weighted by atomic mass is 127. The van der Waals surface area contributed by atoms with Gasteiger partial charge < -0.3 is 9.47 Å². The van der Waals surface area contributed by atoms with Gasteiger partial charge in [0, 0.05) is 5.56 Å². The fraction of sp³-hybridized carbons (Fsp3) is 0.167. The average molecular weight is 516 g/mol. The van der Waals surface area contributed by atoms with Crippen molar-refractivity contribution >= 4 is 63.0 Å². The van der Waals surface area contributed by atoms with Gasteiger partial charge >= 0.3 is 0 Å². The number of carbonyl (C=O) groups is 1. The minimum Gasteiger partial charge on any atom is -0.493 e. The molecule has 0 bridgehead atoms. The van der Waals surface area contributed by atoms with Crippen LogP contribution in [0.5, 0.6) is 11.5 Å². The molecule has 3 rings (SSSR count). The molecular weight excluding hydrogens is 502 g/mol. The van der Waals surface area contributed by atoms with E-state index in [9.17, 15) is 9.18 Å². The lowest BCUT2D eigenvalue weighted by Gasteiger charge is -2.14. The van der Waals surface area contributed by atoms with Gasteiger partial charge in [0.2, 0.25) is 0 Å². The number of thioether (sulfide) groups is 1. The number of amides is 1. The van der Waals surface area contributed by atoms with E-state index in [4.69, 9.17) is 21.7 Å². The molecule has 1 aliphatic heterocycles. The van der Waals surface area contributed by atoms with Crippen molar-refractivity contribution in [3.63, 3.8) is 0 Å². The maximum absolute atomic E-state index is 13.8. The van der Waals surface area contributed by atoms with Crippen LogP contribution in [-0.4, -0.2) is 34.3 Å². The maximum Gasteiger partial charge on any atom is 0.259 e. The molecule has 0 saturated carbocycles. The van der Waals surface area contributed by atoms with Gasteiger partial charge in [-0.25, -0.2) is 4.39 Å².